The smallest absolute Gasteiger partial charge is 0.373 e. The fourth-order valence-electron chi connectivity index (χ4n) is 2.33. The first-order valence-electron chi connectivity index (χ1n) is 6.91. The van der Waals surface area contributed by atoms with E-state index in [-0.39, 0.29) is 5.67 Å². The molecule has 1 unspecified atom stereocenters. The van der Waals surface area contributed by atoms with Gasteiger partial charge < -0.3 is 18.2 Å². The fourth-order valence-corrected chi connectivity index (χ4v) is 5.47. The predicted octanol–water partition coefficient (Wildman–Crippen LogP) is 1.70. The number of aliphatic imine (C=N–C) groups is 1. The Hall–Kier alpha value is -0.433. The number of nitrogens with zero attached hydrogens (tertiary/aromatic N) is 2. The normalized spacial score (nSPS) is 17.4. The Bertz CT molecular complexity index is 247. The number of rotatable bonds is 9. The molecule has 1 atom stereocenters. The molecule has 0 saturated heterocycles. The van der Waals surface area contributed by atoms with E-state index in [1.165, 1.54) is 0 Å². The Morgan fingerprint density at radius 3 is 2.00 bits per heavy atom. The van der Waals surface area contributed by atoms with E-state index in [0.717, 1.165) is 19.5 Å². The zero-order chi connectivity index (χ0) is 13.4. The Labute approximate surface area is 111 Å². The van der Waals surface area contributed by atoms with E-state index >= 15 is 0 Å². The molecule has 5 nitrogen and oxygen atoms in total. The molecule has 0 amide bonds. The van der Waals surface area contributed by atoms with Gasteiger partial charge in [0.15, 0.2) is 0 Å². The lowest BCUT2D eigenvalue weighted by molar-refractivity contribution is 0.0471. The van der Waals surface area contributed by atoms with Gasteiger partial charge in [-0.2, -0.15) is 0 Å². The summed E-state index contributed by atoms with van der Waals surface area (Å²) < 4.78 is 17.9. The van der Waals surface area contributed by atoms with Crippen molar-refractivity contribution in [1.82, 2.24) is 4.90 Å². The molecule has 0 aliphatic carbocycles. The second kappa shape index (κ2) is 7.88. The Morgan fingerprint density at radius 2 is 1.67 bits per heavy atom. The summed E-state index contributed by atoms with van der Waals surface area (Å²) in [7, 11) is -2.66. The SMILES string of the molecule is CCO[Si](OCC)(OCC)C(CC)N1C=NCC1. The third-order valence-electron chi connectivity index (χ3n) is 2.95. The van der Waals surface area contributed by atoms with Crippen LogP contribution in [0.1, 0.15) is 34.1 Å². The lowest BCUT2D eigenvalue weighted by atomic mass is 10.4. The summed E-state index contributed by atoms with van der Waals surface area (Å²) in [6.45, 7) is 11.8. The predicted molar refractivity (Wildman–Crippen MR) is 74.8 cm³/mol. The second-order valence-electron chi connectivity index (χ2n) is 4.09. The van der Waals surface area contributed by atoms with Crippen LogP contribution in [0, 0.1) is 0 Å². The van der Waals surface area contributed by atoms with Gasteiger partial charge in [-0.3, -0.25) is 4.99 Å². The van der Waals surface area contributed by atoms with Gasteiger partial charge in [0, 0.05) is 26.4 Å². The van der Waals surface area contributed by atoms with Crippen LogP contribution in [0.15, 0.2) is 4.99 Å². The van der Waals surface area contributed by atoms with E-state index in [1.807, 2.05) is 27.1 Å². The molecular weight excluding hydrogens is 248 g/mol. The first kappa shape index (κ1) is 15.6. The van der Waals surface area contributed by atoms with Gasteiger partial charge in [0.1, 0.15) is 0 Å². The van der Waals surface area contributed by atoms with Crippen LogP contribution in [-0.2, 0) is 13.3 Å². The van der Waals surface area contributed by atoms with Gasteiger partial charge in [0.25, 0.3) is 0 Å². The zero-order valence-corrected chi connectivity index (χ0v) is 13.0. The van der Waals surface area contributed by atoms with Crippen molar-refractivity contribution in [2.24, 2.45) is 4.99 Å². The third kappa shape index (κ3) is 3.54. The molecule has 0 spiro atoms. The van der Waals surface area contributed by atoms with Crippen LogP contribution in [0.25, 0.3) is 0 Å². The molecule has 106 valence electrons. The summed E-state index contributed by atoms with van der Waals surface area (Å²) in [6.07, 6.45) is 2.85. The van der Waals surface area contributed by atoms with E-state index in [0.29, 0.717) is 19.8 Å². The Balaban J connectivity index is 2.90. The van der Waals surface area contributed by atoms with E-state index in [9.17, 15) is 0 Å². The highest BCUT2D eigenvalue weighted by Crippen LogP contribution is 2.23. The lowest BCUT2D eigenvalue weighted by Gasteiger charge is -2.38. The van der Waals surface area contributed by atoms with Gasteiger partial charge in [-0.05, 0) is 27.2 Å². The minimum atomic E-state index is -2.66. The second-order valence-corrected chi connectivity index (χ2v) is 6.83. The highest BCUT2D eigenvalue weighted by Gasteiger charge is 2.51. The molecule has 6 heteroatoms. The molecule has 1 heterocycles. The minimum Gasteiger partial charge on any atom is -0.373 e. The topological polar surface area (TPSA) is 43.3 Å². The summed E-state index contributed by atoms with van der Waals surface area (Å²) in [6, 6.07) is 0. The Kier molecular flexibility index (Phi) is 6.84. The Morgan fingerprint density at radius 1 is 1.11 bits per heavy atom. The quantitative estimate of drug-likeness (QED) is 0.600. The molecule has 18 heavy (non-hydrogen) atoms. The number of hydrogen-bond acceptors (Lipinski definition) is 5. The van der Waals surface area contributed by atoms with Crippen LogP contribution < -0.4 is 0 Å². The average Bonchev–Trinajstić information content (AvgIpc) is 2.84. The van der Waals surface area contributed by atoms with E-state index in [2.05, 4.69) is 16.8 Å². The summed E-state index contributed by atoms with van der Waals surface area (Å²) in [4.78, 5) is 6.50. The average molecular weight is 274 g/mol. The first-order chi connectivity index (χ1) is 8.74. The van der Waals surface area contributed by atoms with Crippen LogP contribution in [0.4, 0.5) is 0 Å². The van der Waals surface area contributed by atoms with Crippen molar-refractivity contribution in [3.05, 3.63) is 0 Å². The van der Waals surface area contributed by atoms with Crippen LogP contribution in [0.2, 0.25) is 0 Å². The van der Waals surface area contributed by atoms with Gasteiger partial charge in [0.2, 0.25) is 0 Å². The van der Waals surface area contributed by atoms with Crippen molar-refractivity contribution in [2.75, 3.05) is 32.9 Å². The molecule has 1 aliphatic rings. The van der Waals surface area contributed by atoms with Gasteiger partial charge >= 0.3 is 8.80 Å². The van der Waals surface area contributed by atoms with E-state index in [4.69, 9.17) is 13.3 Å². The largest absolute Gasteiger partial charge is 0.524 e. The maximum atomic E-state index is 5.97. The lowest BCUT2D eigenvalue weighted by Crippen LogP contribution is -2.62. The molecule has 0 aromatic carbocycles. The summed E-state index contributed by atoms with van der Waals surface area (Å²) in [5, 5.41) is 0. The third-order valence-corrected chi connectivity index (χ3v) is 6.58. The standard InChI is InChI=1S/C12H26N2O3Si/c1-5-12(14-10-9-13-11-14)18(15-6-2,16-7-3)17-8-4/h11-12H,5-10H2,1-4H3. The van der Waals surface area contributed by atoms with Crippen LogP contribution >= 0.6 is 0 Å². The van der Waals surface area contributed by atoms with Crippen molar-refractivity contribution in [3.8, 4) is 0 Å². The molecule has 0 aromatic heterocycles. The molecule has 0 fully saturated rings. The maximum absolute atomic E-state index is 5.97. The zero-order valence-electron chi connectivity index (χ0n) is 12.0. The van der Waals surface area contributed by atoms with Gasteiger partial charge in [-0.1, -0.05) is 6.92 Å². The number of hydrogen-bond donors (Lipinski definition) is 0. The van der Waals surface area contributed by atoms with E-state index in [1.54, 1.807) is 0 Å². The molecule has 0 aromatic rings. The van der Waals surface area contributed by atoms with Crippen molar-refractivity contribution in [1.29, 1.82) is 0 Å². The minimum absolute atomic E-state index is 0.170. The molecule has 1 aliphatic heterocycles. The van der Waals surface area contributed by atoms with Crippen LogP contribution in [0.5, 0.6) is 0 Å². The fraction of sp³-hybridized carbons (Fsp3) is 0.917. The molecule has 1 rings (SSSR count). The summed E-state index contributed by atoms with van der Waals surface area (Å²) >= 11 is 0. The molecule has 0 saturated carbocycles. The van der Waals surface area contributed by atoms with E-state index < -0.39 is 8.80 Å². The molecule has 0 radical (unpaired) electrons. The first-order valence-corrected chi connectivity index (χ1v) is 8.71. The van der Waals surface area contributed by atoms with Crippen LogP contribution in [0.3, 0.4) is 0 Å². The van der Waals surface area contributed by atoms with Crippen LogP contribution in [-0.4, -0.2) is 58.6 Å². The van der Waals surface area contributed by atoms with Crippen molar-refractivity contribution < 1.29 is 13.3 Å². The highest BCUT2D eigenvalue weighted by atomic mass is 28.4. The van der Waals surface area contributed by atoms with Gasteiger partial charge in [-0.25, -0.2) is 0 Å². The molecule has 0 N–H and O–H groups in total. The van der Waals surface area contributed by atoms with Crippen molar-refractivity contribution in [3.63, 3.8) is 0 Å². The molecular formula is C12H26N2O3Si. The van der Waals surface area contributed by atoms with Crippen molar-refractivity contribution >= 4 is 15.1 Å². The maximum Gasteiger partial charge on any atom is 0.524 e. The highest BCUT2D eigenvalue weighted by molar-refractivity contribution is 6.62. The molecule has 0 bridgehead atoms. The van der Waals surface area contributed by atoms with Gasteiger partial charge in [-0.15, -0.1) is 0 Å². The summed E-state index contributed by atoms with van der Waals surface area (Å²) in [5.74, 6) is 0. The van der Waals surface area contributed by atoms with Crippen molar-refractivity contribution in [2.45, 2.75) is 39.8 Å². The summed E-state index contributed by atoms with van der Waals surface area (Å²) in [5.41, 5.74) is 0.170. The monoisotopic (exact) mass is 274 g/mol. The van der Waals surface area contributed by atoms with Gasteiger partial charge in [0.05, 0.1) is 18.5 Å².